The van der Waals surface area contributed by atoms with E-state index in [4.69, 9.17) is 14.7 Å². The van der Waals surface area contributed by atoms with Crippen LogP contribution in [0.5, 0.6) is 0 Å². The molecule has 3 heterocycles. The van der Waals surface area contributed by atoms with E-state index in [0.717, 1.165) is 49.5 Å². The molecule has 2 aromatic heterocycles. The number of para-hydroxylation sites is 2. The molecule has 0 saturated carbocycles. The molecule has 2 aromatic carbocycles. The summed E-state index contributed by atoms with van der Waals surface area (Å²) in [7, 11) is 1.42. The number of nitrogens with one attached hydrogen (secondary N) is 2. The maximum Gasteiger partial charge on any atom is 0.328 e. The Labute approximate surface area is 211 Å². The van der Waals surface area contributed by atoms with Crippen LogP contribution < -0.4 is 5.32 Å². The molecule has 0 spiro atoms. The molecular weight excluding hydrogens is 452 g/mol. The lowest BCUT2D eigenvalue weighted by Crippen LogP contribution is -2.45. The fraction of sp³-hybridized carbons (Fsp3) is 0.393. The number of carbonyl (C=O) groups excluding carboxylic acids is 1. The predicted octanol–water partition coefficient (Wildman–Crippen LogP) is 4.04. The van der Waals surface area contributed by atoms with E-state index in [1.54, 1.807) is 0 Å². The minimum absolute atomic E-state index is 0.0554. The molecule has 0 bridgehead atoms. The number of H-pyrrole nitrogens is 1. The summed E-state index contributed by atoms with van der Waals surface area (Å²) in [6.45, 7) is 9.51. The molecule has 5 rings (SSSR count). The molecule has 4 aromatic rings. The summed E-state index contributed by atoms with van der Waals surface area (Å²) in [5.41, 5.74) is 3.41. The molecule has 1 aliphatic rings. The first kappa shape index (κ1) is 24.2. The fourth-order valence-electron chi connectivity index (χ4n) is 4.89. The SMILES string of the molecule is COC(=O)[C@@H](Nc1nc(CN2CCN(Cc3c[nH]c4ccccc34)CC2)nc2ccccc12)C(C)C. The fourth-order valence-corrected chi connectivity index (χ4v) is 4.89. The van der Waals surface area contributed by atoms with Gasteiger partial charge >= 0.3 is 5.97 Å². The largest absolute Gasteiger partial charge is 0.467 e. The molecule has 0 aliphatic carbocycles. The van der Waals surface area contributed by atoms with Crippen molar-refractivity contribution in [3.05, 3.63) is 66.1 Å². The topological polar surface area (TPSA) is 86.4 Å². The first-order valence-electron chi connectivity index (χ1n) is 12.6. The van der Waals surface area contributed by atoms with Gasteiger partial charge in [-0.2, -0.15) is 0 Å². The van der Waals surface area contributed by atoms with Crippen molar-refractivity contribution >= 4 is 33.6 Å². The molecule has 1 saturated heterocycles. The third-order valence-corrected chi connectivity index (χ3v) is 6.96. The number of methoxy groups -OCH3 is 1. The van der Waals surface area contributed by atoms with Crippen LogP contribution in [0.2, 0.25) is 0 Å². The van der Waals surface area contributed by atoms with Crippen LogP contribution in [0.3, 0.4) is 0 Å². The number of piperazine rings is 1. The summed E-state index contributed by atoms with van der Waals surface area (Å²) < 4.78 is 5.02. The minimum Gasteiger partial charge on any atom is -0.467 e. The Morgan fingerprint density at radius 1 is 0.972 bits per heavy atom. The molecule has 8 heteroatoms. The summed E-state index contributed by atoms with van der Waals surface area (Å²) >= 11 is 0. The first-order valence-corrected chi connectivity index (χ1v) is 12.6. The van der Waals surface area contributed by atoms with E-state index < -0.39 is 6.04 Å². The Balaban J connectivity index is 1.27. The zero-order valence-electron chi connectivity index (χ0n) is 21.2. The monoisotopic (exact) mass is 486 g/mol. The van der Waals surface area contributed by atoms with Crippen LogP contribution in [0.1, 0.15) is 25.2 Å². The lowest BCUT2D eigenvalue weighted by Gasteiger charge is -2.34. The molecular formula is C28H34N6O2. The highest BCUT2D eigenvalue weighted by atomic mass is 16.5. The van der Waals surface area contributed by atoms with Gasteiger partial charge in [0.15, 0.2) is 0 Å². The number of esters is 1. The van der Waals surface area contributed by atoms with Crippen LogP contribution in [-0.2, 0) is 22.6 Å². The van der Waals surface area contributed by atoms with Crippen molar-refractivity contribution in [2.75, 3.05) is 38.6 Å². The van der Waals surface area contributed by atoms with Crippen molar-refractivity contribution in [3.63, 3.8) is 0 Å². The second kappa shape index (κ2) is 10.6. The van der Waals surface area contributed by atoms with Gasteiger partial charge in [0.2, 0.25) is 0 Å². The van der Waals surface area contributed by atoms with Crippen LogP contribution in [-0.4, -0.2) is 70.1 Å². The van der Waals surface area contributed by atoms with E-state index in [9.17, 15) is 4.79 Å². The maximum atomic E-state index is 12.4. The smallest absolute Gasteiger partial charge is 0.328 e. The van der Waals surface area contributed by atoms with Crippen molar-refractivity contribution in [2.24, 2.45) is 5.92 Å². The van der Waals surface area contributed by atoms with Crippen molar-refractivity contribution in [2.45, 2.75) is 33.0 Å². The minimum atomic E-state index is -0.478. The van der Waals surface area contributed by atoms with Gasteiger partial charge in [0.25, 0.3) is 0 Å². The molecule has 1 aliphatic heterocycles. The summed E-state index contributed by atoms with van der Waals surface area (Å²) in [4.78, 5) is 30.4. The lowest BCUT2D eigenvalue weighted by molar-refractivity contribution is -0.142. The van der Waals surface area contributed by atoms with Gasteiger partial charge in [0.1, 0.15) is 17.7 Å². The number of rotatable bonds is 8. The van der Waals surface area contributed by atoms with Gasteiger partial charge in [-0.3, -0.25) is 9.80 Å². The van der Waals surface area contributed by atoms with Gasteiger partial charge in [-0.1, -0.05) is 44.2 Å². The number of fused-ring (bicyclic) bond motifs is 2. The molecule has 8 nitrogen and oxygen atoms in total. The van der Waals surface area contributed by atoms with Crippen LogP contribution in [0.15, 0.2) is 54.7 Å². The molecule has 0 radical (unpaired) electrons. The number of benzene rings is 2. The Kier molecular flexibility index (Phi) is 7.16. The van der Waals surface area contributed by atoms with Crippen molar-refractivity contribution in [3.8, 4) is 0 Å². The summed E-state index contributed by atoms with van der Waals surface area (Å²) in [6.07, 6.45) is 2.13. The predicted molar refractivity (Wildman–Crippen MR) is 143 cm³/mol. The number of anilines is 1. The number of carbonyl (C=O) groups is 1. The van der Waals surface area contributed by atoms with Gasteiger partial charge in [-0.25, -0.2) is 14.8 Å². The van der Waals surface area contributed by atoms with Crippen LogP contribution in [0.25, 0.3) is 21.8 Å². The molecule has 0 unspecified atom stereocenters. The Hall–Kier alpha value is -3.49. The molecule has 1 atom stereocenters. The standard InChI is InChI=1S/C28H34N6O2/c1-19(2)26(28(35)36-3)32-27-22-9-5-7-11-24(22)30-25(31-27)18-34-14-12-33(13-15-34)17-20-16-29-23-10-6-4-8-21(20)23/h4-11,16,19,26,29H,12-15,17-18H2,1-3H3,(H,30,31,32)/t26-/m0/s1. The highest BCUT2D eigenvalue weighted by Crippen LogP contribution is 2.24. The average Bonchev–Trinajstić information content (AvgIpc) is 3.30. The third-order valence-electron chi connectivity index (χ3n) is 6.96. The average molecular weight is 487 g/mol. The molecule has 2 N–H and O–H groups in total. The van der Waals surface area contributed by atoms with Crippen LogP contribution in [0, 0.1) is 5.92 Å². The number of aromatic amines is 1. The summed E-state index contributed by atoms with van der Waals surface area (Å²) in [6, 6.07) is 15.9. The number of aromatic nitrogens is 3. The first-order chi connectivity index (χ1) is 17.5. The van der Waals surface area contributed by atoms with Crippen molar-refractivity contribution in [1.82, 2.24) is 24.8 Å². The van der Waals surface area contributed by atoms with Gasteiger partial charge in [0, 0.05) is 55.2 Å². The van der Waals surface area contributed by atoms with Crippen molar-refractivity contribution in [1.29, 1.82) is 0 Å². The van der Waals surface area contributed by atoms with Crippen molar-refractivity contribution < 1.29 is 9.53 Å². The van der Waals surface area contributed by atoms with Gasteiger partial charge in [-0.05, 0) is 29.7 Å². The van der Waals surface area contributed by atoms with E-state index in [0.29, 0.717) is 12.4 Å². The second-order valence-corrected chi connectivity index (χ2v) is 9.81. The van der Waals surface area contributed by atoms with Crippen LogP contribution in [0.4, 0.5) is 5.82 Å². The number of hydrogen-bond donors (Lipinski definition) is 2. The highest BCUT2D eigenvalue weighted by molar-refractivity contribution is 5.91. The summed E-state index contributed by atoms with van der Waals surface area (Å²) in [5, 5.41) is 5.54. The number of ether oxygens (including phenoxy) is 1. The third kappa shape index (κ3) is 5.20. The Morgan fingerprint density at radius 3 is 2.36 bits per heavy atom. The second-order valence-electron chi connectivity index (χ2n) is 9.81. The zero-order valence-corrected chi connectivity index (χ0v) is 21.2. The Morgan fingerprint density at radius 2 is 1.64 bits per heavy atom. The molecule has 36 heavy (non-hydrogen) atoms. The van der Waals surface area contributed by atoms with Gasteiger partial charge < -0.3 is 15.0 Å². The molecule has 188 valence electrons. The van der Waals surface area contributed by atoms with E-state index in [-0.39, 0.29) is 11.9 Å². The normalized spacial score (nSPS) is 16.0. The van der Waals surface area contributed by atoms with Gasteiger partial charge in [-0.15, -0.1) is 0 Å². The number of nitrogens with zero attached hydrogens (tertiary/aromatic N) is 4. The van der Waals surface area contributed by atoms with E-state index in [2.05, 4.69) is 50.6 Å². The quantitative estimate of drug-likeness (QED) is 0.364. The molecule has 1 fully saturated rings. The van der Waals surface area contributed by atoms with E-state index in [1.807, 2.05) is 38.1 Å². The highest BCUT2D eigenvalue weighted by Gasteiger charge is 2.25. The lowest BCUT2D eigenvalue weighted by atomic mass is 10.0. The molecule has 0 amide bonds. The van der Waals surface area contributed by atoms with E-state index in [1.165, 1.54) is 23.6 Å². The summed E-state index contributed by atoms with van der Waals surface area (Å²) in [5.74, 6) is 1.20. The van der Waals surface area contributed by atoms with E-state index >= 15 is 0 Å². The van der Waals surface area contributed by atoms with Crippen LogP contribution >= 0.6 is 0 Å². The Bertz CT molecular complexity index is 1340. The zero-order chi connectivity index (χ0) is 25.1. The number of hydrogen-bond acceptors (Lipinski definition) is 7. The maximum absolute atomic E-state index is 12.4. The van der Waals surface area contributed by atoms with Gasteiger partial charge in [0.05, 0.1) is 19.2 Å².